The molecule has 5 heteroatoms. The van der Waals surface area contributed by atoms with Crippen LogP contribution in [0.1, 0.15) is 5.69 Å². The number of methoxy groups -OCH3 is 1. The fourth-order valence-corrected chi connectivity index (χ4v) is 1.43. The van der Waals surface area contributed by atoms with Gasteiger partial charge in [-0.1, -0.05) is 0 Å². The van der Waals surface area contributed by atoms with Crippen molar-refractivity contribution in [2.75, 3.05) is 39.6 Å². The van der Waals surface area contributed by atoms with Crippen LogP contribution in [0.4, 0.5) is 5.69 Å². The van der Waals surface area contributed by atoms with Crippen molar-refractivity contribution in [2.24, 2.45) is 0 Å². The van der Waals surface area contributed by atoms with Gasteiger partial charge in [0.15, 0.2) is 5.78 Å². The van der Waals surface area contributed by atoms with Crippen LogP contribution in [0, 0.1) is 0 Å². The molecule has 17 heavy (non-hydrogen) atoms. The second-order valence-corrected chi connectivity index (χ2v) is 4.03. The van der Waals surface area contributed by atoms with Crippen LogP contribution in [-0.2, 0) is 16.0 Å². The minimum absolute atomic E-state index is 0.140. The number of ether oxygens (including phenoxy) is 1. The van der Waals surface area contributed by atoms with E-state index in [2.05, 4.69) is 4.98 Å². The van der Waals surface area contributed by atoms with Gasteiger partial charge in [-0.25, -0.2) is 0 Å². The van der Waals surface area contributed by atoms with Crippen molar-refractivity contribution in [1.29, 1.82) is 0 Å². The van der Waals surface area contributed by atoms with E-state index in [-0.39, 0.29) is 5.78 Å². The molecule has 0 spiro atoms. The smallest absolute Gasteiger partial charge is 0.152 e. The Bertz CT molecular complexity index is 351. The van der Waals surface area contributed by atoms with Crippen LogP contribution in [-0.4, -0.2) is 49.5 Å². The second kappa shape index (κ2) is 6.98. The molecule has 0 radical (unpaired) electrons. The first-order valence-corrected chi connectivity index (χ1v) is 5.51. The number of likely N-dealkylation sites (N-methyl/N-ethyl adjacent to an activating group) is 1. The lowest BCUT2D eigenvalue weighted by atomic mass is 10.2. The third-order valence-corrected chi connectivity index (χ3v) is 2.35. The summed E-state index contributed by atoms with van der Waals surface area (Å²) < 4.78 is 4.95. The van der Waals surface area contributed by atoms with Gasteiger partial charge >= 0.3 is 0 Å². The molecule has 0 saturated heterocycles. The number of nitrogen functional groups attached to an aromatic ring is 1. The SMILES string of the molecule is COCCN(C)CC(=O)Cc1ccc(N)cn1. The van der Waals surface area contributed by atoms with Gasteiger partial charge < -0.3 is 10.5 Å². The molecule has 0 fully saturated rings. The number of pyridine rings is 1. The average molecular weight is 237 g/mol. The molecule has 0 aliphatic carbocycles. The Morgan fingerprint density at radius 3 is 2.88 bits per heavy atom. The Morgan fingerprint density at radius 1 is 1.53 bits per heavy atom. The zero-order chi connectivity index (χ0) is 12.7. The van der Waals surface area contributed by atoms with Gasteiger partial charge in [-0.2, -0.15) is 0 Å². The Kier molecular flexibility index (Phi) is 5.59. The lowest BCUT2D eigenvalue weighted by Crippen LogP contribution is -2.30. The number of nitrogens with two attached hydrogens (primary N) is 1. The lowest BCUT2D eigenvalue weighted by molar-refractivity contribution is -0.119. The normalized spacial score (nSPS) is 10.8. The van der Waals surface area contributed by atoms with Crippen molar-refractivity contribution in [3.8, 4) is 0 Å². The summed E-state index contributed by atoms with van der Waals surface area (Å²) in [6.45, 7) is 1.79. The van der Waals surface area contributed by atoms with E-state index in [0.29, 0.717) is 25.3 Å². The fraction of sp³-hybridized carbons (Fsp3) is 0.500. The number of aromatic nitrogens is 1. The minimum Gasteiger partial charge on any atom is -0.397 e. The monoisotopic (exact) mass is 237 g/mol. The molecule has 0 atom stereocenters. The number of carbonyl (C=O) groups is 1. The standard InChI is InChI=1S/C12H19N3O2/c1-15(5-6-17-2)9-12(16)7-11-4-3-10(13)8-14-11/h3-4,8H,5-7,9,13H2,1-2H3. The van der Waals surface area contributed by atoms with Crippen molar-refractivity contribution < 1.29 is 9.53 Å². The maximum Gasteiger partial charge on any atom is 0.152 e. The molecule has 1 rings (SSSR count). The van der Waals surface area contributed by atoms with E-state index in [9.17, 15) is 4.79 Å². The third kappa shape index (κ3) is 5.42. The molecule has 0 aliphatic heterocycles. The van der Waals surface area contributed by atoms with Crippen LogP contribution in [0.5, 0.6) is 0 Å². The largest absolute Gasteiger partial charge is 0.397 e. The third-order valence-electron chi connectivity index (χ3n) is 2.35. The summed E-state index contributed by atoms with van der Waals surface area (Å²) in [6.07, 6.45) is 1.91. The van der Waals surface area contributed by atoms with Crippen LogP contribution in [0.3, 0.4) is 0 Å². The van der Waals surface area contributed by atoms with E-state index in [1.165, 1.54) is 0 Å². The van der Waals surface area contributed by atoms with Gasteiger partial charge in [-0.15, -0.1) is 0 Å². The van der Waals surface area contributed by atoms with Gasteiger partial charge in [0.2, 0.25) is 0 Å². The average Bonchev–Trinajstić information content (AvgIpc) is 2.29. The molecule has 1 heterocycles. The fourth-order valence-electron chi connectivity index (χ4n) is 1.43. The maximum absolute atomic E-state index is 11.7. The van der Waals surface area contributed by atoms with E-state index in [4.69, 9.17) is 10.5 Å². The highest BCUT2D eigenvalue weighted by Gasteiger charge is 2.08. The molecule has 1 aromatic rings. The molecule has 0 unspecified atom stereocenters. The van der Waals surface area contributed by atoms with Crippen molar-refractivity contribution >= 4 is 11.5 Å². The number of carbonyl (C=O) groups excluding carboxylic acids is 1. The van der Waals surface area contributed by atoms with Crippen LogP contribution < -0.4 is 5.73 Å². The molecule has 0 bridgehead atoms. The van der Waals surface area contributed by atoms with Gasteiger partial charge in [0.05, 0.1) is 31.5 Å². The van der Waals surface area contributed by atoms with E-state index in [1.54, 1.807) is 25.4 Å². The second-order valence-electron chi connectivity index (χ2n) is 4.03. The number of nitrogens with zero attached hydrogens (tertiary/aromatic N) is 2. The maximum atomic E-state index is 11.7. The van der Waals surface area contributed by atoms with E-state index in [1.807, 2.05) is 11.9 Å². The van der Waals surface area contributed by atoms with Gasteiger partial charge in [-0.05, 0) is 19.2 Å². The molecule has 0 amide bonds. The predicted octanol–water partition coefficient (Wildman–Crippen LogP) is 0.354. The quantitative estimate of drug-likeness (QED) is 0.741. The van der Waals surface area contributed by atoms with E-state index < -0.39 is 0 Å². The minimum atomic E-state index is 0.140. The number of hydrogen-bond donors (Lipinski definition) is 1. The topological polar surface area (TPSA) is 68.5 Å². The Morgan fingerprint density at radius 2 is 2.29 bits per heavy atom. The van der Waals surface area contributed by atoms with E-state index >= 15 is 0 Å². The summed E-state index contributed by atoms with van der Waals surface area (Å²) in [6, 6.07) is 3.53. The first-order valence-electron chi connectivity index (χ1n) is 5.51. The number of anilines is 1. The first-order chi connectivity index (χ1) is 8.11. The summed E-state index contributed by atoms with van der Waals surface area (Å²) in [4.78, 5) is 17.7. The van der Waals surface area contributed by atoms with Crippen molar-refractivity contribution in [2.45, 2.75) is 6.42 Å². The molecule has 0 aromatic carbocycles. The summed E-state index contributed by atoms with van der Waals surface area (Å²) >= 11 is 0. The molecule has 5 nitrogen and oxygen atoms in total. The van der Waals surface area contributed by atoms with Crippen LogP contribution in [0.2, 0.25) is 0 Å². The zero-order valence-electron chi connectivity index (χ0n) is 10.3. The van der Waals surface area contributed by atoms with Gasteiger partial charge in [0, 0.05) is 19.3 Å². The molecule has 0 aliphatic rings. The lowest BCUT2D eigenvalue weighted by Gasteiger charge is -2.14. The van der Waals surface area contributed by atoms with E-state index in [0.717, 1.165) is 12.2 Å². The summed E-state index contributed by atoms with van der Waals surface area (Å²) in [5.74, 6) is 0.140. The van der Waals surface area contributed by atoms with Crippen molar-refractivity contribution in [3.05, 3.63) is 24.0 Å². The van der Waals surface area contributed by atoms with Gasteiger partial charge in [0.25, 0.3) is 0 Å². The Balaban J connectivity index is 2.36. The number of Topliss-reactive ketones (excluding diaryl/α,β-unsaturated/α-hetero) is 1. The summed E-state index contributed by atoms with van der Waals surface area (Å²) in [5.41, 5.74) is 6.89. The first kappa shape index (κ1) is 13.6. The van der Waals surface area contributed by atoms with Crippen LogP contribution in [0.15, 0.2) is 18.3 Å². The predicted molar refractivity (Wildman–Crippen MR) is 66.7 cm³/mol. The highest BCUT2D eigenvalue weighted by molar-refractivity contribution is 5.82. The van der Waals surface area contributed by atoms with Gasteiger partial charge in [0.1, 0.15) is 0 Å². The molecule has 2 N–H and O–H groups in total. The highest BCUT2D eigenvalue weighted by Crippen LogP contribution is 2.02. The molecular formula is C12H19N3O2. The van der Waals surface area contributed by atoms with Crippen LogP contribution in [0.25, 0.3) is 0 Å². The van der Waals surface area contributed by atoms with Crippen molar-refractivity contribution in [1.82, 2.24) is 9.88 Å². The van der Waals surface area contributed by atoms with Crippen LogP contribution >= 0.6 is 0 Å². The summed E-state index contributed by atoms with van der Waals surface area (Å²) in [5, 5.41) is 0. The number of rotatable bonds is 7. The molecule has 1 aromatic heterocycles. The van der Waals surface area contributed by atoms with Crippen molar-refractivity contribution in [3.63, 3.8) is 0 Å². The number of hydrogen-bond acceptors (Lipinski definition) is 5. The molecule has 0 saturated carbocycles. The molecular weight excluding hydrogens is 218 g/mol. The Labute approximate surface area is 102 Å². The number of ketones is 1. The Hall–Kier alpha value is -1.46. The zero-order valence-corrected chi connectivity index (χ0v) is 10.3. The summed E-state index contributed by atoms with van der Waals surface area (Å²) in [7, 11) is 3.54. The highest BCUT2D eigenvalue weighted by atomic mass is 16.5. The molecule has 94 valence electrons. The van der Waals surface area contributed by atoms with Gasteiger partial charge in [-0.3, -0.25) is 14.7 Å².